The molecular weight excluding hydrogens is 218 g/mol. The summed E-state index contributed by atoms with van der Waals surface area (Å²) < 4.78 is 5.21. The lowest BCUT2D eigenvalue weighted by molar-refractivity contribution is -0.139. The zero-order valence-electron chi connectivity index (χ0n) is 8.35. The third-order valence-electron chi connectivity index (χ3n) is 2.23. The summed E-state index contributed by atoms with van der Waals surface area (Å²) >= 11 is 1.54. The van der Waals surface area contributed by atoms with Crippen molar-refractivity contribution in [1.29, 1.82) is 0 Å². The van der Waals surface area contributed by atoms with Crippen molar-refractivity contribution in [3.05, 3.63) is 0 Å². The van der Waals surface area contributed by atoms with Crippen LogP contribution in [0.5, 0.6) is 0 Å². The summed E-state index contributed by atoms with van der Waals surface area (Å²) in [5.41, 5.74) is 0. The second kappa shape index (κ2) is 6.68. The molecule has 1 amide bonds. The minimum absolute atomic E-state index is 0.407. The molecule has 0 aliphatic carbocycles. The monoisotopic (exact) mass is 233 g/mol. The van der Waals surface area contributed by atoms with Crippen molar-refractivity contribution in [2.45, 2.75) is 12.5 Å². The molecule has 1 heterocycles. The van der Waals surface area contributed by atoms with Crippen LogP contribution in [0.25, 0.3) is 0 Å². The first kappa shape index (κ1) is 12.3. The van der Waals surface area contributed by atoms with E-state index in [1.54, 1.807) is 11.8 Å². The topological polar surface area (TPSA) is 75.6 Å². The molecule has 1 aliphatic heterocycles. The first-order valence-electron chi connectivity index (χ1n) is 4.82. The highest BCUT2D eigenvalue weighted by Gasteiger charge is 2.19. The van der Waals surface area contributed by atoms with Crippen LogP contribution in [0.2, 0.25) is 0 Å². The van der Waals surface area contributed by atoms with Crippen LogP contribution in [0.4, 0.5) is 0 Å². The zero-order chi connectivity index (χ0) is 11.1. The van der Waals surface area contributed by atoms with Gasteiger partial charge in [-0.15, -0.1) is 0 Å². The molecule has 1 fully saturated rings. The van der Waals surface area contributed by atoms with Gasteiger partial charge in [0.05, 0.1) is 6.61 Å². The highest BCUT2D eigenvalue weighted by atomic mass is 32.2. The SMILES string of the molecule is O=CNC(CSCC1CCOC1)C(=O)O. The highest BCUT2D eigenvalue weighted by molar-refractivity contribution is 7.99. The Morgan fingerprint density at radius 1 is 1.73 bits per heavy atom. The van der Waals surface area contributed by atoms with Crippen molar-refractivity contribution in [3.8, 4) is 0 Å². The number of rotatable bonds is 7. The average Bonchev–Trinajstić information content (AvgIpc) is 2.69. The molecule has 0 aromatic heterocycles. The van der Waals surface area contributed by atoms with Gasteiger partial charge in [0.1, 0.15) is 6.04 Å². The second-order valence-electron chi connectivity index (χ2n) is 3.44. The van der Waals surface area contributed by atoms with Gasteiger partial charge in [0.15, 0.2) is 0 Å². The van der Waals surface area contributed by atoms with E-state index in [-0.39, 0.29) is 0 Å². The lowest BCUT2D eigenvalue weighted by atomic mass is 10.2. The van der Waals surface area contributed by atoms with Crippen LogP contribution < -0.4 is 5.32 Å². The molecule has 0 spiro atoms. The number of hydrogen-bond donors (Lipinski definition) is 2. The molecule has 0 radical (unpaired) electrons. The lowest BCUT2D eigenvalue weighted by Gasteiger charge is -2.12. The fourth-order valence-corrected chi connectivity index (χ4v) is 2.55. The van der Waals surface area contributed by atoms with E-state index in [0.717, 1.165) is 25.4 Å². The van der Waals surface area contributed by atoms with Crippen molar-refractivity contribution in [1.82, 2.24) is 5.32 Å². The van der Waals surface area contributed by atoms with Crippen LogP contribution in [0.15, 0.2) is 0 Å². The smallest absolute Gasteiger partial charge is 0.327 e. The van der Waals surface area contributed by atoms with Crippen molar-refractivity contribution in [3.63, 3.8) is 0 Å². The molecule has 0 saturated carbocycles. The largest absolute Gasteiger partial charge is 0.480 e. The summed E-state index contributed by atoms with van der Waals surface area (Å²) in [5.74, 6) is 0.840. The van der Waals surface area contributed by atoms with Gasteiger partial charge in [0.2, 0.25) is 6.41 Å². The number of carbonyl (C=O) groups is 2. The summed E-state index contributed by atoms with van der Waals surface area (Å²) in [6.07, 6.45) is 1.48. The normalized spacial score (nSPS) is 22.3. The van der Waals surface area contributed by atoms with Gasteiger partial charge in [0, 0.05) is 12.4 Å². The Morgan fingerprint density at radius 3 is 3.07 bits per heavy atom. The molecule has 6 heteroatoms. The molecule has 1 rings (SSSR count). The van der Waals surface area contributed by atoms with Crippen LogP contribution in [0.3, 0.4) is 0 Å². The number of carbonyl (C=O) groups excluding carboxylic acids is 1. The zero-order valence-corrected chi connectivity index (χ0v) is 9.16. The van der Waals surface area contributed by atoms with E-state index in [1.807, 2.05) is 0 Å². The third kappa shape index (κ3) is 4.53. The maximum absolute atomic E-state index is 10.7. The second-order valence-corrected chi connectivity index (χ2v) is 4.52. The predicted molar refractivity (Wildman–Crippen MR) is 56.9 cm³/mol. The highest BCUT2D eigenvalue weighted by Crippen LogP contribution is 2.18. The Balaban J connectivity index is 2.15. The Hall–Kier alpha value is -0.750. The van der Waals surface area contributed by atoms with Crippen molar-refractivity contribution in [2.75, 3.05) is 24.7 Å². The quantitative estimate of drug-likeness (QED) is 0.603. The van der Waals surface area contributed by atoms with Crippen molar-refractivity contribution in [2.24, 2.45) is 5.92 Å². The fourth-order valence-electron chi connectivity index (χ4n) is 1.34. The number of ether oxygens (including phenoxy) is 1. The molecule has 2 atom stereocenters. The summed E-state index contributed by atoms with van der Waals surface area (Å²) in [7, 11) is 0. The molecule has 86 valence electrons. The number of amides is 1. The first-order valence-corrected chi connectivity index (χ1v) is 5.97. The first-order chi connectivity index (χ1) is 7.24. The molecule has 0 aromatic rings. The minimum atomic E-state index is -0.989. The van der Waals surface area contributed by atoms with Gasteiger partial charge in [-0.05, 0) is 18.1 Å². The summed E-state index contributed by atoms with van der Waals surface area (Å²) in [5, 5.41) is 11.0. The number of hydrogen-bond acceptors (Lipinski definition) is 4. The molecule has 0 aromatic carbocycles. The number of carboxylic acid groups (broad SMARTS) is 1. The molecule has 0 bridgehead atoms. The Bertz CT molecular complexity index is 218. The van der Waals surface area contributed by atoms with E-state index in [9.17, 15) is 9.59 Å². The molecule has 15 heavy (non-hydrogen) atoms. The maximum atomic E-state index is 10.7. The van der Waals surface area contributed by atoms with Crippen molar-refractivity contribution >= 4 is 24.1 Å². The van der Waals surface area contributed by atoms with Crippen LogP contribution in [-0.2, 0) is 14.3 Å². The predicted octanol–water partition coefficient (Wildman–Crippen LogP) is -0.0447. The number of nitrogens with one attached hydrogen (secondary N) is 1. The summed E-state index contributed by atoms with van der Waals surface area (Å²) in [6, 6.07) is -0.783. The number of carboxylic acids is 1. The minimum Gasteiger partial charge on any atom is -0.480 e. The van der Waals surface area contributed by atoms with Gasteiger partial charge in [-0.1, -0.05) is 0 Å². The van der Waals surface area contributed by atoms with Gasteiger partial charge in [-0.3, -0.25) is 4.79 Å². The van der Waals surface area contributed by atoms with Gasteiger partial charge in [-0.2, -0.15) is 11.8 Å². The van der Waals surface area contributed by atoms with E-state index < -0.39 is 12.0 Å². The number of aliphatic carboxylic acids is 1. The average molecular weight is 233 g/mol. The number of thioether (sulfide) groups is 1. The molecule has 1 aliphatic rings. The summed E-state index contributed by atoms with van der Waals surface area (Å²) in [6.45, 7) is 1.58. The van der Waals surface area contributed by atoms with Crippen LogP contribution in [-0.4, -0.2) is 48.2 Å². The van der Waals surface area contributed by atoms with Crippen molar-refractivity contribution < 1.29 is 19.4 Å². The molecular formula is C9H15NO4S. The van der Waals surface area contributed by atoms with E-state index in [0.29, 0.717) is 18.1 Å². The Kier molecular flexibility index (Phi) is 5.49. The van der Waals surface area contributed by atoms with E-state index in [2.05, 4.69) is 5.32 Å². The van der Waals surface area contributed by atoms with Crippen LogP contribution in [0, 0.1) is 5.92 Å². The van der Waals surface area contributed by atoms with Crippen LogP contribution in [0.1, 0.15) is 6.42 Å². The van der Waals surface area contributed by atoms with E-state index in [1.165, 1.54) is 0 Å². The van der Waals surface area contributed by atoms with Gasteiger partial charge >= 0.3 is 5.97 Å². The van der Waals surface area contributed by atoms with Gasteiger partial charge in [-0.25, -0.2) is 4.79 Å². The standard InChI is InChI=1S/C9H15NO4S/c11-6-10-8(9(12)13)5-15-4-7-1-2-14-3-7/h6-8H,1-5H2,(H,10,11)(H,12,13). The molecule has 5 nitrogen and oxygen atoms in total. The summed E-state index contributed by atoms with van der Waals surface area (Å²) in [4.78, 5) is 20.8. The fraction of sp³-hybridized carbons (Fsp3) is 0.778. The third-order valence-corrected chi connectivity index (χ3v) is 3.51. The Labute approximate surface area is 92.6 Å². The Morgan fingerprint density at radius 2 is 2.53 bits per heavy atom. The molecule has 2 N–H and O–H groups in total. The lowest BCUT2D eigenvalue weighted by Crippen LogP contribution is -2.38. The molecule has 1 saturated heterocycles. The van der Waals surface area contributed by atoms with Gasteiger partial charge in [0.25, 0.3) is 0 Å². The maximum Gasteiger partial charge on any atom is 0.327 e. The van der Waals surface area contributed by atoms with E-state index in [4.69, 9.17) is 9.84 Å². The van der Waals surface area contributed by atoms with Crippen LogP contribution >= 0.6 is 11.8 Å². The molecule has 2 unspecified atom stereocenters. The van der Waals surface area contributed by atoms with E-state index >= 15 is 0 Å². The van der Waals surface area contributed by atoms with Gasteiger partial charge < -0.3 is 15.2 Å².